The Balaban J connectivity index is 1.87. The molecular weight excluding hydrogens is 232 g/mol. The van der Waals surface area contributed by atoms with Crippen molar-refractivity contribution >= 4 is 5.78 Å². The SMILES string of the molecule is CCCCCCCC(=O)c1ccccc1C1CCC1. The van der Waals surface area contributed by atoms with E-state index in [1.807, 2.05) is 12.1 Å². The zero-order valence-electron chi connectivity index (χ0n) is 12.2. The Morgan fingerprint density at radius 2 is 1.84 bits per heavy atom. The van der Waals surface area contributed by atoms with Crippen LogP contribution in [0.15, 0.2) is 24.3 Å². The minimum atomic E-state index is 0.360. The number of Topliss-reactive ketones (excluding diaryl/α,β-unsaturated/α-hetero) is 1. The van der Waals surface area contributed by atoms with Crippen LogP contribution in [0.5, 0.6) is 0 Å². The maximum atomic E-state index is 12.3. The molecule has 0 spiro atoms. The Morgan fingerprint density at radius 1 is 1.11 bits per heavy atom. The van der Waals surface area contributed by atoms with Crippen LogP contribution in [-0.2, 0) is 0 Å². The van der Waals surface area contributed by atoms with Crippen LogP contribution >= 0.6 is 0 Å². The molecule has 1 heteroatoms. The summed E-state index contributed by atoms with van der Waals surface area (Å²) in [5.74, 6) is 1.01. The Morgan fingerprint density at radius 3 is 2.53 bits per heavy atom. The van der Waals surface area contributed by atoms with Gasteiger partial charge in [-0.2, -0.15) is 0 Å². The highest BCUT2D eigenvalue weighted by molar-refractivity contribution is 5.97. The van der Waals surface area contributed by atoms with E-state index in [2.05, 4.69) is 19.1 Å². The highest BCUT2D eigenvalue weighted by atomic mass is 16.1. The largest absolute Gasteiger partial charge is 0.294 e. The molecule has 1 aromatic carbocycles. The van der Waals surface area contributed by atoms with Gasteiger partial charge in [0.05, 0.1) is 0 Å². The molecule has 1 aliphatic rings. The Kier molecular flexibility index (Phi) is 5.62. The molecule has 19 heavy (non-hydrogen) atoms. The van der Waals surface area contributed by atoms with Crippen LogP contribution in [0.2, 0.25) is 0 Å². The predicted molar refractivity (Wildman–Crippen MR) is 80.7 cm³/mol. The fourth-order valence-electron chi connectivity index (χ4n) is 2.85. The molecule has 2 rings (SSSR count). The molecular formula is C18H26O. The van der Waals surface area contributed by atoms with Crippen LogP contribution in [0, 0.1) is 0 Å². The van der Waals surface area contributed by atoms with Crippen molar-refractivity contribution in [1.29, 1.82) is 0 Å². The second-order valence-electron chi connectivity index (χ2n) is 5.80. The molecule has 1 saturated carbocycles. The summed E-state index contributed by atoms with van der Waals surface area (Å²) in [6, 6.07) is 8.27. The minimum Gasteiger partial charge on any atom is -0.294 e. The topological polar surface area (TPSA) is 17.1 Å². The van der Waals surface area contributed by atoms with Crippen LogP contribution in [0.4, 0.5) is 0 Å². The lowest BCUT2D eigenvalue weighted by Gasteiger charge is -2.27. The number of benzene rings is 1. The minimum absolute atomic E-state index is 0.360. The van der Waals surface area contributed by atoms with Gasteiger partial charge in [0, 0.05) is 12.0 Å². The van der Waals surface area contributed by atoms with Crippen LogP contribution in [-0.4, -0.2) is 5.78 Å². The van der Waals surface area contributed by atoms with Crippen LogP contribution < -0.4 is 0 Å². The van der Waals surface area contributed by atoms with Gasteiger partial charge in [-0.3, -0.25) is 4.79 Å². The summed E-state index contributed by atoms with van der Waals surface area (Å²) in [6.45, 7) is 2.22. The fraction of sp³-hybridized carbons (Fsp3) is 0.611. The molecule has 0 atom stereocenters. The third-order valence-electron chi connectivity index (χ3n) is 4.31. The van der Waals surface area contributed by atoms with Gasteiger partial charge in [0.1, 0.15) is 0 Å². The normalized spacial score (nSPS) is 15.2. The van der Waals surface area contributed by atoms with Crippen molar-refractivity contribution in [3.8, 4) is 0 Å². The maximum absolute atomic E-state index is 12.3. The molecule has 0 amide bonds. The number of rotatable bonds is 8. The number of hydrogen-bond donors (Lipinski definition) is 0. The fourth-order valence-corrected chi connectivity index (χ4v) is 2.85. The molecule has 1 aromatic rings. The third-order valence-corrected chi connectivity index (χ3v) is 4.31. The highest BCUT2D eigenvalue weighted by Gasteiger charge is 2.23. The Hall–Kier alpha value is -1.11. The first kappa shape index (κ1) is 14.3. The molecule has 0 heterocycles. The summed E-state index contributed by atoms with van der Waals surface area (Å²) in [5.41, 5.74) is 2.31. The summed E-state index contributed by atoms with van der Waals surface area (Å²) >= 11 is 0. The van der Waals surface area contributed by atoms with Gasteiger partial charge in [0.25, 0.3) is 0 Å². The molecule has 0 N–H and O–H groups in total. The van der Waals surface area contributed by atoms with Gasteiger partial charge in [0.2, 0.25) is 0 Å². The molecule has 0 unspecified atom stereocenters. The highest BCUT2D eigenvalue weighted by Crippen LogP contribution is 2.38. The molecule has 1 fully saturated rings. The Bertz CT molecular complexity index is 404. The molecule has 0 bridgehead atoms. The molecule has 1 aliphatic carbocycles. The average Bonchev–Trinajstić information content (AvgIpc) is 2.37. The molecule has 0 saturated heterocycles. The van der Waals surface area contributed by atoms with Crippen molar-refractivity contribution in [2.75, 3.05) is 0 Å². The van der Waals surface area contributed by atoms with Gasteiger partial charge < -0.3 is 0 Å². The second kappa shape index (κ2) is 7.47. The number of hydrogen-bond acceptors (Lipinski definition) is 1. The first-order chi connectivity index (χ1) is 9.33. The van der Waals surface area contributed by atoms with Gasteiger partial charge in [-0.05, 0) is 30.7 Å². The summed E-state index contributed by atoms with van der Waals surface area (Å²) in [4.78, 5) is 12.3. The number of carbonyl (C=O) groups is 1. The van der Waals surface area contributed by atoms with Crippen molar-refractivity contribution in [2.24, 2.45) is 0 Å². The zero-order chi connectivity index (χ0) is 13.5. The van der Waals surface area contributed by atoms with E-state index in [0.29, 0.717) is 11.7 Å². The van der Waals surface area contributed by atoms with Crippen molar-refractivity contribution in [2.45, 2.75) is 70.6 Å². The average molecular weight is 258 g/mol. The van der Waals surface area contributed by atoms with Crippen LogP contribution in [0.1, 0.15) is 86.6 Å². The number of ketones is 1. The zero-order valence-corrected chi connectivity index (χ0v) is 12.2. The van der Waals surface area contributed by atoms with E-state index >= 15 is 0 Å². The molecule has 1 nitrogen and oxygen atoms in total. The molecule has 0 aromatic heterocycles. The lowest BCUT2D eigenvalue weighted by atomic mass is 9.77. The van der Waals surface area contributed by atoms with Gasteiger partial charge >= 0.3 is 0 Å². The smallest absolute Gasteiger partial charge is 0.163 e. The summed E-state index contributed by atoms with van der Waals surface area (Å²) in [6.07, 6.45) is 10.7. The van der Waals surface area contributed by atoms with Gasteiger partial charge in [-0.1, -0.05) is 63.3 Å². The Labute approximate surface area is 117 Å². The lowest BCUT2D eigenvalue weighted by Crippen LogP contribution is -2.13. The molecule has 0 radical (unpaired) electrons. The summed E-state index contributed by atoms with van der Waals surface area (Å²) in [5, 5.41) is 0. The quantitative estimate of drug-likeness (QED) is 0.444. The van der Waals surface area contributed by atoms with Crippen molar-refractivity contribution < 1.29 is 4.79 Å². The van der Waals surface area contributed by atoms with E-state index in [9.17, 15) is 4.79 Å². The summed E-state index contributed by atoms with van der Waals surface area (Å²) < 4.78 is 0. The van der Waals surface area contributed by atoms with Gasteiger partial charge in [-0.25, -0.2) is 0 Å². The van der Waals surface area contributed by atoms with Crippen molar-refractivity contribution in [1.82, 2.24) is 0 Å². The monoisotopic (exact) mass is 258 g/mol. The number of unbranched alkanes of at least 4 members (excludes halogenated alkanes) is 4. The van der Waals surface area contributed by atoms with Crippen LogP contribution in [0.25, 0.3) is 0 Å². The van der Waals surface area contributed by atoms with Gasteiger partial charge in [0.15, 0.2) is 5.78 Å². The predicted octanol–water partition coefficient (Wildman–Crippen LogP) is 5.50. The molecule has 0 aliphatic heterocycles. The first-order valence-corrected chi connectivity index (χ1v) is 7.95. The standard InChI is InChI=1S/C18H26O/c1-2-3-4-5-6-14-18(19)17-13-8-7-12-16(17)15-10-9-11-15/h7-8,12-13,15H,2-6,9-11,14H2,1H3. The maximum Gasteiger partial charge on any atom is 0.163 e. The van der Waals surface area contributed by atoms with Crippen LogP contribution in [0.3, 0.4) is 0 Å². The van der Waals surface area contributed by atoms with Crippen molar-refractivity contribution in [3.05, 3.63) is 35.4 Å². The number of carbonyl (C=O) groups excluding carboxylic acids is 1. The summed E-state index contributed by atoms with van der Waals surface area (Å²) in [7, 11) is 0. The second-order valence-corrected chi connectivity index (χ2v) is 5.80. The van der Waals surface area contributed by atoms with Gasteiger partial charge in [-0.15, -0.1) is 0 Å². The third kappa shape index (κ3) is 3.92. The van der Waals surface area contributed by atoms with E-state index in [1.54, 1.807) is 0 Å². The van der Waals surface area contributed by atoms with E-state index < -0.39 is 0 Å². The van der Waals surface area contributed by atoms with E-state index in [-0.39, 0.29) is 0 Å². The van der Waals surface area contributed by atoms with E-state index in [0.717, 1.165) is 18.4 Å². The van der Waals surface area contributed by atoms with E-state index in [1.165, 1.54) is 50.5 Å². The van der Waals surface area contributed by atoms with E-state index in [4.69, 9.17) is 0 Å². The molecule has 104 valence electrons. The lowest BCUT2D eigenvalue weighted by molar-refractivity contribution is 0.0977. The van der Waals surface area contributed by atoms with Crippen molar-refractivity contribution in [3.63, 3.8) is 0 Å². The first-order valence-electron chi connectivity index (χ1n) is 7.95.